The number of nitrogens with zero attached hydrogens (tertiary/aromatic N) is 2. The van der Waals surface area contributed by atoms with Crippen molar-refractivity contribution in [2.45, 2.75) is 40.2 Å². The number of carbonyl (C=O) groups is 1. The molecule has 0 bridgehead atoms. The lowest BCUT2D eigenvalue weighted by atomic mass is 10.1. The van der Waals surface area contributed by atoms with Crippen LogP contribution in [0.3, 0.4) is 0 Å². The van der Waals surface area contributed by atoms with Gasteiger partial charge in [0.25, 0.3) is 0 Å². The number of hydrogen-bond donors (Lipinski definition) is 1. The molecule has 0 amide bonds. The van der Waals surface area contributed by atoms with Crippen molar-refractivity contribution >= 4 is 17.0 Å². The average Bonchev–Trinajstić information content (AvgIpc) is 2.86. The van der Waals surface area contributed by atoms with E-state index in [0.717, 1.165) is 22.4 Å². The molecular weight excluding hydrogens is 300 g/mol. The quantitative estimate of drug-likeness (QED) is 0.768. The highest BCUT2D eigenvalue weighted by Crippen LogP contribution is 2.26. The number of imidazole rings is 1. The van der Waals surface area contributed by atoms with E-state index in [0.29, 0.717) is 18.0 Å². The zero-order chi connectivity index (χ0) is 17.4. The maximum atomic E-state index is 11.2. The highest BCUT2D eigenvalue weighted by Gasteiger charge is 2.15. The number of carboxylic acids is 1. The lowest BCUT2D eigenvalue weighted by Gasteiger charge is -2.12. The molecule has 0 aliphatic rings. The Morgan fingerprint density at radius 1 is 1.17 bits per heavy atom. The summed E-state index contributed by atoms with van der Waals surface area (Å²) in [5, 5.41) is 9.20. The van der Waals surface area contributed by atoms with Crippen molar-refractivity contribution in [1.82, 2.24) is 9.55 Å². The molecule has 1 N–H and O–H groups in total. The Bertz CT molecular complexity index is 923. The number of aromatic nitrogens is 2. The maximum absolute atomic E-state index is 11.2. The summed E-state index contributed by atoms with van der Waals surface area (Å²) in [5.41, 5.74) is 5.84. The van der Waals surface area contributed by atoms with Crippen LogP contribution < -0.4 is 0 Å². The van der Waals surface area contributed by atoms with Crippen molar-refractivity contribution in [3.63, 3.8) is 0 Å². The van der Waals surface area contributed by atoms with E-state index in [4.69, 9.17) is 4.98 Å². The van der Waals surface area contributed by atoms with Gasteiger partial charge in [-0.15, -0.1) is 0 Å². The van der Waals surface area contributed by atoms with E-state index in [9.17, 15) is 9.90 Å². The van der Waals surface area contributed by atoms with Crippen LogP contribution in [0.15, 0.2) is 36.4 Å². The molecule has 0 atom stereocenters. The third-order valence-corrected chi connectivity index (χ3v) is 4.42. The molecule has 0 saturated heterocycles. The second kappa shape index (κ2) is 6.11. The molecule has 24 heavy (non-hydrogen) atoms. The van der Waals surface area contributed by atoms with Gasteiger partial charge in [-0.05, 0) is 54.8 Å². The number of aryl methyl sites for hydroxylation is 2. The zero-order valence-electron chi connectivity index (χ0n) is 14.5. The van der Waals surface area contributed by atoms with E-state index < -0.39 is 5.97 Å². The molecule has 1 aromatic heterocycles. The number of benzene rings is 2. The highest BCUT2D eigenvalue weighted by molar-refractivity contribution is 5.87. The minimum Gasteiger partial charge on any atom is -0.478 e. The van der Waals surface area contributed by atoms with Crippen molar-refractivity contribution in [2.75, 3.05) is 0 Å². The van der Waals surface area contributed by atoms with Crippen molar-refractivity contribution in [3.8, 4) is 0 Å². The highest BCUT2D eigenvalue weighted by atomic mass is 16.4. The second-order valence-corrected chi connectivity index (χ2v) is 6.64. The van der Waals surface area contributed by atoms with E-state index in [1.54, 1.807) is 18.2 Å². The van der Waals surface area contributed by atoms with Gasteiger partial charge in [0, 0.05) is 12.5 Å². The molecule has 3 aromatic rings. The maximum Gasteiger partial charge on any atom is 0.335 e. The summed E-state index contributed by atoms with van der Waals surface area (Å²) in [6.07, 6.45) is 0. The lowest BCUT2D eigenvalue weighted by molar-refractivity contribution is 0.0696. The van der Waals surface area contributed by atoms with Crippen LogP contribution in [0.5, 0.6) is 0 Å². The summed E-state index contributed by atoms with van der Waals surface area (Å²) in [7, 11) is 0. The molecule has 0 fully saturated rings. The summed E-state index contributed by atoms with van der Waals surface area (Å²) < 4.78 is 2.20. The van der Waals surface area contributed by atoms with Crippen LogP contribution in [-0.4, -0.2) is 20.6 Å². The third kappa shape index (κ3) is 2.92. The largest absolute Gasteiger partial charge is 0.478 e. The van der Waals surface area contributed by atoms with Crippen molar-refractivity contribution in [2.24, 2.45) is 0 Å². The predicted octanol–water partition coefficient (Wildman–Crippen LogP) is 4.52. The predicted molar refractivity (Wildman–Crippen MR) is 95.8 cm³/mol. The number of fused-ring (bicyclic) bond motifs is 1. The molecule has 0 aliphatic heterocycles. The SMILES string of the molecule is Cc1cc2nc(C(C)C)n(Cc3cccc(C(=O)O)c3)c2cc1C. The molecule has 3 rings (SSSR count). The van der Waals surface area contributed by atoms with Crippen molar-refractivity contribution in [1.29, 1.82) is 0 Å². The van der Waals surface area contributed by atoms with E-state index in [1.165, 1.54) is 11.1 Å². The Labute approximate surface area is 141 Å². The van der Waals surface area contributed by atoms with Gasteiger partial charge in [-0.3, -0.25) is 0 Å². The van der Waals surface area contributed by atoms with Crippen LogP contribution in [0, 0.1) is 13.8 Å². The average molecular weight is 322 g/mol. The molecular formula is C20H22N2O2. The summed E-state index contributed by atoms with van der Waals surface area (Å²) in [5.74, 6) is 0.416. The topological polar surface area (TPSA) is 55.1 Å². The first-order valence-electron chi connectivity index (χ1n) is 8.16. The first-order valence-corrected chi connectivity index (χ1v) is 8.16. The standard InChI is InChI=1S/C20H22N2O2/c1-12(2)19-21-17-8-13(3)14(4)9-18(17)22(19)11-15-6-5-7-16(10-15)20(23)24/h5-10,12H,11H2,1-4H3,(H,23,24). The molecule has 0 unspecified atom stereocenters. The minimum atomic E-state index is -0.900. The van der Waals surface area contributed by atoms with Crippen molar-refractivity contribution in [3.05, 3.63) is 64.5 Å². The summed E-state index contributed by atoms with van der Waals surface area (Å²) in [4.78, 5) is 16.0. The molecule has 0 aliphatic carbocycles. The zero-order valence-corrected chi connectivity index (χ0v) is 14.5. The van der Waals surface area contributed by atoms with Gasteiger partial charge in [0.15, 0.2) is 0 Å². The normalized spacial score (nSPS) is 11.4. The Morgan fingerprint density at radius 2 is 1.88 bits per heavy atom. The number of aromatic carboxylic acids is 1. The van der Waals surface area contributed by atoms with Crippen LogP contribution in [0.25, 0.3) is 11.0 Å². The first kappa shape index (κ1) is 16.2. The summed E-state index contributed by atoms with van der Waals surface area (Å²) in [6.45, 7) is 9.08. The molecule has 0 saturated carbocycles. The van der Waals surface area contributed by atoms with Gasteiger partial charge >= 0.3 is 5.97 Å². The monoisotopic (exact) mass is 322 g/mol. The molecule has 4 nitrogen and oxygen atoms in total. The fourth-order valence-electron chi connectivity index (χ4n) is 2.99. The molecule has 0 radical (unpaired) electrons. The summed E-state index contributed by atoms with van der Waals surface area (Å²) >= 11 is 0. The smallest absolute Gasteiger partial charge is 0.335 e. The van der Waals surface area contributed by atoms with Gasteiger partial charge in [0.2, 0.25) is 0 Å². The van der Waals surface area contributed by atoms with E-state index in [2.05, 4.69) is 44.4 Å². The van der Waals surface area contributed by atoms with Gasteiger partial charge < -0.3 is 9.67 Å². The van der Waals surface area contributed by atoms with Gasteiger partial charge in [-0.25, -0.2) is 9.78 Å². The molecule has 2 aromatic carbocycles. The van der Waals surface area contributed by atoms with Crippen LogP contribution in [0.2, 0.25) is 0 Å². The number of carboxylic acid groups (broad SMARTS) is 1. The minimum absolute atomic E-state index is 0.292. The van der Waals surface area contributed by atoms with E-state index in [1.807, 2.05) is 6.07 Å². The molecule has 0 spiro atoms. The fraction of sp³-hybridized carbons (Fsp3) is 0.300. The fourth-order valence-corrected chi connectivity index (χ4v) is 2.99. The van der Waals surface area contributed by atoms with Gasteiger partial charge in [0.1, 0.15) is 5.82 Å². The van der Waals surface area contributed by atoms with E-state index >= 15 is 0 Å². The number of hydrogen-bond acceptors (Lipinski definition) is 2. The Hall–Kier alpha value is -2.62. The Morgan fingerprint density at radius 3 is 2.54 bits per heavy atom. The number of rotatable bonds is 4. The molecule has 1 heterocycles. The van der Waals surface area contributed by atoms with E-state index in [-0.39, 0.29) is 0 Å². The van der Waals surface area contributed by atoms with Crippen molar-refractivity contribution < 1.29 is 9.90 Å². The Balaban J connectivity index is 2.14. The van der Waals surface area contributed by atoms with Crippen LogP contribution in [0.4, 0.5) is 0 Å². The van der Waals surface area contributed by atoms with Crippen LogP contribution >= 0.6 is 0 Å². The summed E-state index contributed by atoms with van der Waals surface area (Å²) in [6, 6.07) is 11.4. The van der Waals surface area contributed by atoms with Crippen LogP contribution in [-0.2, 0) is 6.54 Å². The van der Waals surface area contributed by atoms with Gasteiger partial charge in [0.05, 0.1) is 16.6 Å². The lowest BCUT2D eigenvalue weighted by Crippen LogP contribution is -2.07. The van der Waals surface area contributed by atoms with Crippen LogP contribution in [0.1, 0.15) is 52.6 Å². The van der Waals surface area contributed by atoms with Gasteiger partial charge in [-0.2, -0.15) is 0 Å². The molecule has 4 heteroatoms. The van der Waals surface area contributed by atoms with Gasteiger partial charge in [-0.1, -0.05) is 26.0 Å². The Kier molecular flexibility index (Phi) is 4.14. The third-order valence-electron chi connectivity index (χ3n) is 4.42. The second-order valence-electron chi connectivity index (χ2n) is 6.64. The molecule has 124 valence electrons. The first-order chi connectivity index (χ1) is 11.4.